The molecular formula is C41H44F2N6O6S. The first-order valence-electron chi connectivity index (χ1n) is 18.8. The van der Waals surface area contributed by atoms with Crippen molar-refractivity contribution in [1.29, 1.82) is 0 Å². The number of rotatable bonds is 4. The van der Waals surface area contributed by atoms with Gasteiger partial charge in [-0.1, -0.05) is 30.3 Å². The molecule has 4 aliphatic rings. The van der Waals surface area contributed by atoms with E-state index >= 15 is 8.78 Å². The normalized spacial score (nSPS) is 20.8. The number of nitrogens with one attached hydrogen (secondary N) is 2. The summed E-state index contributed by atoms with van der Waals surface area (Å²) in [7, 11) is -4.12. The molecule has 15 heteroatoms. The minimum Gasteiger partial charge on any atom is -0.444 e. The molecule has 1 aliphatic carbocycles. The first kappa shape index (κ1) is 37.6. The Kier molecular flexibility index (Phi) is 8.82. The van der Waals surface area contributed by atoms with Crippen LogP contribution in [0, 0.1) is 0 Å². The van der Waals surface area contributed by atoms with Crippen LogP contribution in [0.15, 0.2) is 70.1 Å². The van der Waals surface area contributed by atoms with E-state index in [4.69, 9.17) is 9.47 Å². The number of sulfonamides is 1. The van der Waals surface area contributed by atoms with E-state index in [0.717, 1.165) is 6.42 Å². The molecule has 3 aliphatic heterocycles. The summed E-state index contributed by atoms with van der Waals surface area (Å²) >= 11 is 0. The number of carbonyl (C=O) groups is 2. The Morgan fingerprint density at radius 1 is 0.786 bits per heavy atom. The maximum atomic E-state index is 16.4. The Hall–Kier alpha value is -5.31. The molecule has 2 atom stereocenters. The van der Waals surface area contributed by atoms with E-state index in [1.807, 2.05) is 20.8 Å². The zero-order chi connectivity index (χ0) is 39.9. The van der Waals surface area contributed by atoms with Crippen LogP contribution in [0.4, 0.5) is 24.1 Å². The van der Waals surface area contributed by atoms with Gasteiger partial charge in [-0.15, -0.1) is 4.40 Å². The highest BCUT2D eigenvalue weighted by atomic mass is 32.2. The second-order valence-electron chi connectivity index (χ2n) is 16.7. The fraction of sp³-hybridized carbons (Fsp3) is 0.415. The minimum atomic E-state index is -4.12. The van der Waals surface area contributed by atoms with Gasteiger partial charge in [0.15, 0.2) is 0 Å². The number of amidine groups is 1. The third kappa shape index (κ3) is 6.79. The number of aromatic nitrogens is 2. The van der Waals surface area contributed by atoms with E-state index in [-0.39, 0.29) is 33.6 Å². The number of anilines is 1. The van der Waals surface area contributed by atoms with Crippen molar-refractivity contribution in [3.63, 3.8) is 0 Å². The Balaban J connectivity index is 1.05. The number of aromatic amines is 1. The van der Waals surface area contributed by atoms with E-state index in [1.54, 1.807) is 68.3 Å². The van der Waals surface area contributed by atoms with Gasteiger partial charge in [0.05, 0.1) is 29.7 Å². The molecular weight excluding hydrogens is 743 g/mol. The quantitative estimate of drug-likeness (QED) is 0.209. The van der Waals surface area contributed by atoms with E-state index < -0.39 is 45.4 Å². The smallest absolute Gasteiger partial charge is 0.410 e. The molecule has 3 aromatic carbocycles. The monoisotopic (exact) mass is 786 g/mol. The van der Waals surface area contributed by atoms with Crippen LogP contribution in [0.25, 0.3) is 33.5 Å². The molecule has 4 heterocycles. The first-order valence-corrected chi connectivity index (χ1v) is 20.2. The molecule has 12 nitrogen and oxygen atoms in total. The van der Waals surface area contributed by atoms with Crippen molar-refractivity contribution in [1.82, 2.24) is 19.8 Å². The van der Waals surface area contributed by atoms with E-state index in [2.05, 4.69) is 19.7 Å². The molecule has 2 fully saturated rings. The molecule has 2 amide bonds. The van der Waals surface area contributed by atoms with Gasteiger partial charge in [0.1, 0.15) is 27.8 Å². The lowest BCUT2D eigenvalue weighted by atomic mass is 9.98. The highest BCUT2D eigenvalue weighted by Gasteiger charge is 2.45. The second-order valence-corrected chi connectivity index (χ2v) is 18.3. The van der Waals surface area contributed by atoms with Gasteiger partial charge in [-0.3, -0.25) is 9.80 Å². The summed E-state index contributed by atoms with van der Waals surface area (Å²) in [5, 5.41) is 3.13. The van der Waals surface area contributed by atoms with E-state index in [1.165, 1.54) is 23.1 Å². The summed E-state index contributed by atoms with van der Waals surface area (Å²) in [4.78, 5) is 36.8. The number of hydrogen-bond acceptors (Lipinski definition) is 8. The topological polar surface area (TPSA) is 146 Å². The zero-order valence-corrected chi connectivity index (χ0v) is 32.9. The highest BCUT2D eigenvalue weighted by molar-refractivity contribution is 7.90. The SMILES string of the molecule is CC(C)(C)OC(=O)N1CCC[C@H]1C1=NS(=O)(=O)c2ccc(-c3ccc4c(c3)C(F)(F)c3cc(-c5cnc([C@@H]6CCCN6C(=O)OC(C)(C)C)[nH]5)ccc3-4)cc2N1. The highest BCUT2D eigenvalue weighted by Crippen LogP contribution is 2.53. The molecule has 0 bridgehead atoms. The van der Waals surface area contributed by atoms with E-state index in [0.29, 0.717) is 71.7 Å². The second kappa shape index (κ2) is 13.1. The lowest BCUT2D eigenvalue weighted by Crippen LogP contribution is -2.46. The molecule has 2 saturated heterocycles. The Bertz CT molecular complexity index is 2410. The number of amides is 2. The van der Waals surface area contributed by atoms with Crippen LogP contribution in [-0.2, 0) is 25.4 Å². The summed E-state index contributed by atoms with van der Waals surface area (Å²) in [5.41, 5.74) is 1.47. The molecule has 8 rings (SSSR count). The number of ether oxygens (including phenoxy) is 2. The van der Waals surface area contributed by atoms with Gasteiger partial charge in [0, 0.05) is 29.8 Å². The van der Waals surface area contributed by atoms with Crippen LogP contribution in [0.2, 0.25) is 0 Å². The summed E-state index contributed by atoms with van der Waals surface area (Å²) < 4.78 is 74.7. The zero-order valence-electron chi connectivity index (χ0n) is 32.1. The van der Waals surface area contributed by atoms with Crippen LogP contribution in [0.1, 0.15) is 90.2 Å². The molecule has 294 valence electrons. The largest absolute Gasteiger partial charge is 0.444 e. The van der Waals surface area contributed by atoms with Crippen molar-refractivity contribution in [2.75, 3.05) is 18.4 Å². The number of hydrogen-bond donors (Lipinski definition) is 2. The van der Waals surface area contributed by atoms with Crippen molar-refractivity contribution in [2.24, 2.45) is 4.40 Å². The number of fused-ring (bicyclic) bond motifs is 4. The van der Waals surface area contributed by atoms with Crippen LogP contribution in [0.3, 0.4) is 0 Å². The molecule has 0 saturated carbocycles. The summed E-state index contributed by atoms with van der Waals surface area (Å²) in [6.45, 7) is 11.6. The standard InChI is InChI=1S/C41H44F2N6O6S/c1-39(2,3)54-37(50)48-17-7-9-32(48)35-44-22-31(46-35)25-12-15-27-26-14-11-23(19-28(26)41(42,43)29(27)20-25)24-13-16-34-30(21-24)45-36(47-56(34,52)53)33-10-8-18-49(33)38(51)55-40(4,5)6/h11-16,19-22,32-33H,7-10,17-18H2,1-6H3,(H,44,46)(H,45,47)/t32-,33-/m0/s1. The summed E-state index contributed by atoms with van der Waals surface area (Å²) in [6.07, 6.45) is 3.25. The number of nitrogens with zero attached hydrogens (tertiary/aromatic N) is 4. The number of imidazole rings is 1. The lowest BCUT2D eigenvalue weighted by molar-refractivity contribution is 0.0216. The Labute approximate surface area is 324 Å². The van der Waals surface area contributed by atoms with Crippen LogP contribution in [0.5, 0.6) is 0 Å². The predicted octanol–water partition coefficient (Wildman–Crippen LogP) is 8.85. The molecule has 4 aromatic rings. The van der Waals surface area contributed by atoms with Crippen molar-refractivity contribution in [3.05, 3.63) is 77.7 Å². The summed E-state index contributed by atoms with van der Waals surface area (Å²) in [6, 6.07) is 13.4. The Morgan fingerprint density at radius 3 is 1.95 bits per heavy atom. The molecule has 0 spiro atoms. The predicted molar refractivity (Wildman–Crippen MR) is 207 cm³/mol. The molecule has 0 radical (unpaired) electrons. The van der Waals surface area contributed by atoms with Crippen LogP contribution >= 0.6 is 0 Å². The van der Waals surface area contributed by atoms with Gasteiger partial charge in [-0.2, -0.15) is 17.2 Å². The summed E-state index contributed by atoms with van der Waals surface area (Å²) in [5.74, 6) is -2.66. The maximum absolute atomic E-state index is 16.4. The van der Waals surface area contributed by atoms with E-state index in [9.17, 15) is 18.0 Å². The fourth-order valence-corrected chi connectivity index (χ4v) is 9.07. The average molecular weight is 787 g/mol. The number of alkyl halides is 2. The first-order chi connectivity index (χ1) is 26.3. The number of likely N-dealkylation sites (tertiary alicyclic amines) is 2. The number of benzene rings is 3. The van der Waals surface area contributed by atoms with Crippen molar-refractivity contribution >= 4 is 33.7 Å². The van der Waals surface area contributed by atoms with Crippen molar-refractivity contribution in [2.45, 2.75) is 101 Å². The van der Waals surface area contributed by atoms with Gasteiger partial charge >= 0.3 is 12.2 Å². The molecule has 2 N–H and O–H groups in total. The third-order valence-corrected chi connectivity index (χ3v) is 11.7. The van der Waals surface area contributed by atoms with Gasteiger partial charge in [-0.05, 0) is 114 Å². The molecule has 0 unspecified atom stereocenters. The van der Waals surface area contributed by atoms with Crippen LogP contribution in [-0.4, -0.2) is 76.5 Å². The fourth-order valence-electron chi connectivity index (χ4n) is 7.92. The van der Waals surface area contributed by atoms with Crippen molar-refractivity contribution in [3.8, 4) is 33.5 Å². The Morgan fingerprint density at radius 2 is 1.32 bits per heavy atom. The average Bonchev–Trinajstić information content (AvgIpc) is 3.92. The van der Waals surface area contributed by atoms with Gasteiger partial charge in [-0.25, -0.2) is 14.6 Å². The maximum Gasteiger partial charge on any atom is 0.410 e. The molecule has 56 heavy (non-hydrogen) atoms. The van der Waals surface area contributed by atoms with Crippen LogP contribution < -0.4 is 5.32 Å². The lowest BCUT2D eigenvalue weighted by Gasteiger charge is -2.30. The number of H-pyrrole nitrogens is 1. The number of carbonyl (C=O) groups excluding carboxylic acids is 2. The van der Waals surface area contributed by atoms with Gasteiger partial charge < -0.3 is 19.8 Å². The molecule has 1 aromatic heterocycles. The minimum absolute atomic E-state index is 0.0503. The van der Waals surface area contributed by atoms with Gasteiger partial charge in [0.25, 0.3) is 15.9 Å². The number of halogens is 2. The van der Waals surface area contributed by atoms with Crippen molar-refractivity contribution < 1.29 is 36.3 Å². The van der Waals surface area contributed by atoms with Gasteiger partial charge in [0.2, 0.25) is 0 Å². The third-order valence-electron chi connectivity index (χ3n) is 10.4.